The van der Waals surface area contributed by atoms with Crippen LogP contribution in [0.15, 0.2) is 22.7 Å². The molecule has 0 heterocycles. The lowest BCUT2D eigenvalue weighted by Gasteiger charge is -2.19. The summed E-state index contributed by atoms with van der Waals surface area (Å²) in [6.07, 6.45) is -0.0257. The molecule has 1 rings (SSSR count). The standard InChI is InChI=1S/C11H8BrFN2/c1-11(7-15,4-5-14)9-3-2-8(12)6-10(9)13/h2-3,6H,4H2,1H3. The maximum atomic E-state index is 13.6. The second-order valence-electron chi connectivity index (χ2n) is 3.40. The first-order chi connectivity index (χ1) is 7.03. The van der Waals surface area contributed by atoms with Crippen LogP contribution in [0.3, 0.4) is 0 Å². The lowest BCUT2D eigenvalue weighted by Crippen LogP contribution is -2.20. The van der Waals surface area contributed by atoms with E-state index in [-0.39, 0.29) is 12.0 Å². The zero-order chi connectivity index (χ0) is 11.5. The summed E-state index contributed by atoms with van der Waals surface area (Å²) in [5.74, 6) is -0.469. The summed E-state index contributed by atoms with van der Waals surface area (Å²) < 4.78 is 14.2. The van der Waals surface area contributed by atoms with Gasteiger partial charge in [-0.1, -0.05) is 22.0 Å². The molecule has 1 atom stereocenters. The van der Waals surface area contributed by atoms with E-state index in [0.29, 0.717) is 4.47 Å². The van der Waals surface area contributed by atoms with Crippen LogP contribution in [0.5, 0.6) is 0 Å². The van der Waals surface area contributed by atoms with Crippen molar-refractivity contribution < 1.29 is 4.39 Å². The SMILES string of the molecule is CC(C#N)(CC#N)c1ccc(Br)cc1F. The largest absolute Gasteiger partial charge is 0.207 e. The van der Waals surface area contributed by atoms with Crippen LogP contribution in [0.1, 0.15) is 18.9 Å². The molecular formula is C11H8BrFN2. The van der Waals surface area contributed by atoms with E-state index in [2.05, 4.69) is 15.9 Å². The summed E-state index contributed by atoms with van der Waals surface area (Å²) in [5.41, 5.74) is -0.825. The predicted molar refractivity (Wildman–Crippen MR) is 57.3 cm³/mol. The second kappa shape index (κ2) is 4.42. The summed E-state index contributed by atoms with van der Waals surface area (Å²) >= 11 is 3.14. The van der Waals surface area contributed by atoms with Gasteiger partial charge >= 0.3 is 0 Å². The molecule has 1 aromatic carbocycles. The third kappa shape index (κ3) is 2.34. The van der Waals surface area contributed by atoms with Crippen molar-refractivity contribution in [1.29, 1.82) is 10.5 Å². The van der Waals surface area contributed by atoms with Gasteiger partial charge in [-0.3, -0.25) is 0 Å². The van der Waals surface area contributed by atoms with Crippen LogP contribution in [0.4, 0.5) is 4.39 Å². The fraction of sp³-hybridized carbons (Fsp3) is 0.273. The molecule has 0 radical (unpaired) electrons. The van der Waals surface area contributed by atoms with E-state index >= 15 is 0 Å². The highest BCUT2D eigenvalue weighted by molar-refractivity contribution is 9.10. The average Bonchev–Trinajstić information content (AvgIpc) is 2.17. The van der Waals surface area contributed by atoms with Crippen LogP contribution < -0.4 is 0 Å². The van der Waals surface area contributed by atoms with E-state index in [1.54, 1.807) is 13.0 Å². The van der Waals surface area contributed by atoms with Gasteiger partial charge in [0.25, 0.3) is 0 Å². The van der Waals surface area contributed by atoms with Gasteiger partial charge in [0.1, 0.15) is 5.82 Å². The summed E-state index contributed by atoms with van der Waals surface area (Å²) in [6, 6.07) is 8.36. The van der Waals surface area contributed by atoms with Gasteiger partial charge < -0.3 is 0 Å². The number of benzene rings is 1. The van der Waals surface area contributed by atoms with Crippen molar-refractivity contribution in [3.8, 4) is 12.1 Å². The van der Waals surface area contributed by atoms with Gasteiger partial charge in [0.2, 0.25) is 0 Å². The highest BCUT2D eigenvalue weighted by Gasteiger charge is 2.29. The first kappa shape index (κ1) is 11.7. The van der Waals surface area contributed by atoms with Crippen molar-refractivity contribution in [3.05, 3.63) is 34.1 Å². The minimum atomic E-state index is -1.08. The molecule has 0 saturated heterocycles. The number of hydrogen-bond donors (Lipinski definition) is 0. The monoisotopic (exact) mass is 266 g/mol. The number of nitriles is 2. The molecule has 0 fully saturated rings. The Kier molecular flexibility index (Phi) is 3.44. The third-order valence-electron chi connectivity index (χ3n) is 2.20. The van der Waals surface area contributed by atoms with Crippen LogP contribution in [-0.2, 0) is 5.41 Å². The van der Waals surface area contributed by atoms with Gasteiger partial charge in [0.05, 0.1) is 24.0 Å². The van der Waals surface area contributed by atoms with Crippen LogP contribution in [0.25, 0.3) is 0 Å². The number of hydrogen-bond acceptors (Lipinski definition) is 2. The first-order valence-electron chi connectivity index (χ1n) is 4.27. The van der Waals surface area contributed by atoms with Crippen LogP contribution in [0, 0.1) is 28.5 Å². The van der Waals surface area contributed by atoms with E-state index in [1.165, 1.54) is 12.1 Å². The van der Waals surface area contributed by atoms with E-state index < -0.39 is 11.2 Å². The number of rotatable bonds is 2. The van der Waals surface area contributed by atoms with Crippen molar-refractivity contribution in [2.24, 2.45) is 0 Å². The molecule has 0 spiro atoms. The molecule has 0 N–H and O–H groups in total. The normalized spacial score (nSPS) is 13.7. The topological polar surface area (TPSA) is 47.6 Å². The fourth-order valence-electron chi connectivity index (χ4n) is 1.29. The molecule has 15 heavy (non-hydrogen) atoms. The highest BCUT2D eigenvalue weighted by atomic mass is 79.9. The van der Waals surface area contributed by atoms with E-state index in [4.69, 9.17) is 10.5 Å². The van der Waals surface area contributed by atoms with Crippen molar-refractivity contribution >= 4 is 15.9 Å². The molecule has 4 heteroatoms. The predicted octanol–water partition coefficient (Wildman–Crippen LogP) is 3.28. The second-order valence-corrected chi connectivity index (χ2v) is 4.32. The molecule has 0 amide bonds. The Morgan fingerprint density at radius 1 is 1.47 bits per heavy atom. The first-order valence-corrected chi connectivity index (χ1v) is 5.06. The molecule has 0 aromatic heterocycles. The van der Waals surface area contributed by atoms with E-state index in [0.717, 1.165) is 0 Å². The Bertz CT molecular complexity index is 459. The lowest BCUT2D eigenvalue weighted by molar-refractivity contribution is 0.543. The van der Waals surface area contributed by atoms with E-state index in [9.17, 15) is 4.39 Å². The minimum Gasteiger partial charge on any atom is -0.207 e. The van der Waals surface area contributed by atoms with Crippen molar-refractivity contribution in [2.75, 3.05) is 0 Å². The Morgan fingerprint density at radius 2 is 2.13 bits per heavy atom. The Morgan fingerprint density at radius 3 is 2.60 bits per heavy atom. The Balaban J connectivity index is 3.27. The maximum absolute atomic E-state index is 13.6. The van der Waals surface area contributed by atoms with Gasteiger partial charge in [-0.2, -0.15) is 10.5 Å². The lowest BCUT2D eigenvalue weighted by atomic mass is 9.81. The summed E-state index contributed by atoms with van der Waals surface area (Å²) in [6.45, 7) is 1.56. The molecular weight excluding hydrogens is 259 g/mol. The number of nitrogens with zero attached hydrogens (tertiary/aromatic N) is 2. The smallest absolute Gasteiger partial charge is 0.129 e. The van der Waals surface area contributed by atoms with Crippen molar-refractivity contribution in [2.45, 2.75) is 18.8 Å². The summed E-state index contributed by atoms with van der Waals surface area (Å²) in [7, 11) is 0. The van der Waals surface area contributed by atoms with Crippen LogP contribution in [0.2, 0.25) is 0 Å². The average molecular weight is 267 g/mol. The van der Waals surface area contributed by atoms with Crippen LogP contribution >= 0.6 is 15.9 Å². The van der Waals surface area contributed by atoms with Crippen molar-refractivity contribution in [1.82, 2.24) is 0 Å². The van der Waals surface area contributed by atoms with Gasteiger partial charge in [0, 0.05) is 10.0 Å². The zero-order valence-corrected chi connectivity index (χ0v) is 9.68. The molecule has 0 bridgehead atoms. The number of halogens is 2. The fourth-order valence-corrected chi connectivity index (χ4v) is 1.62. The Hall–Kier alpha value is -1.39. The minimum absolute atomic E-state index is 0.0257. The van der Waals surface area contributed by atoms with Gasteiger partial charge in [0.15, 0.2) is 0 Å². The quantitative estimate of drug-likeness (QED) is 0.825. The van der Waals surface area contributed by atoms with Gasteiger partial charge in [-0.15, -0.1) is 0 Å². The van der Waals surface area contributed by atoms with Crippen molar-refractivity contribution in [3.63, 3.8) is 0 Å². The van der Waals surface area contributed by atoms with Gasteiger partial charge in [-0.05, 0) is 19.1 Å². The molecule has 0 aliphatic carbocycles. The molecule has 1 unspecified atom stereocenters. The summed E-state index contributed by atoms with van der Waals surface area (Å²) in [5, 5.41) is 17.6. The molecule has 76 valence electrons. The van der Waals surface area contributed by atoms with E-state index in [1.807, 2.05) is 12.1 Å². The molecule has 2 nitrogen and oxygen atoms in total. The van der Waals surface area contributed by atoms with Crippen LogP contribution in [-0.4, -0.2) is 0 Å². The highest BCUT2D eigenvalue weighted by Crippen LogP contribution is 2.30. The molecule has 0 aliphatic heterocycles. The van der Waals surface area contributed by atoms with Gasteiger partial charge in [-0.25, -0.2) is 4.39 Å². The molecule has 0 aliphatic rings. The zero-order valence-electron chi connectivity index (χ0n) is 8.09. The maximum Gasteiger partial charge on any atom is 0.129 e. The Labute approximate surface area is 96.1 Å². The molecule has 1 aromatic rings. The third-order valence-corrected chi connectivity index (χ3v) is 2.70. The summed E-state index contributed by atoms with van der Waals surface area (Å²) in [4.78, 5) is 0. The molecule has 0 saturated carbocycles.